The zero-order valence-corrected chi connectivity index (χ0v) is 14.4. The molecule has 1 heterocycles. The molecule has 1 saturated carbocycles. The highest BCUT2D eigenvalue weighted by Crippen LogP contribution is 2.37. The second kappa shape index (κ2) is 7.56. The summed E-state index contributed by atoms with van der Waals surface area (Å²) in [5.74, 6) is 2.62. The van der Waals surface area contributed by atoms with Gasteiger partial charge in [0.25, 0.3) is 0 Å². The van der Waals surface area contributed by atoms with E-state index in [1.54, 1.807) is 0 Å². The van der Waals surface area contributed by atoms with E-state index >= 15 is 0 Å². The Kier molecular flexibility index (Phi) is 6.03. The Labute approximate surface area is 128 Å². The molecule has 0 aliphatic heterocycles. The van der Waals surface area contributed by atoms with Crippen molar-refractivity contribution in [1.82, 2.24) is 10.3 Å². The fourth-order valence-corrected chi connectivity index (χ4v) is 4.52. The van der Waals surface area contributed by atoms with Gasteiger partial charge in [-0.15, -0.1) is 11.3 Å². The largest absolute Gasteiger partial charge is 0.317 e. The van der Waals surface area contributed by atoms with E-state index in [0.29, 0.717) is 0 Å². The third-order valence-corrected chi connectivity index (χ3v) is 6.09. The van der Waals surface area contributed by atoms with Crippen LogP contribution < -0.4 is 5.32 Å². The van der Waals surface area contributed by atoms with Gasteiger partial charge in [0.05, 0.1) is 10.7 Å². The third-order valence-electron chi connectivity index (χ3n) is 4.99. The van der Waals surface area contributed by atoms with Crippen molar-refractivity contribution in [2.24, 2.45) is 17.8 Å². The highest BCUT2D eigenvalue weighted by atomic mass is 32.1. The van der Waals surface area contributed by atoms with Crippen LogP contribution in [-0.2, 0) is 6.42 Å². The molecule has 1 aromatic heterocycles. The lowest BCUT2D eigenvalue weighted by atomic mass is 9.72. The van der Waals surface area contributed by atoms with Crippen LogP contribution in [0.15, 0.2) is 0 Å². The molecule has 2 rings (SSSR count). The molecule has 1 aliphatic rings. The Balaban J connectivity index is 2.02. The molecule has 0 aromatic carbocycles. The first kappa shape index (κ1) is 16.0. The molecule has 2 nitrogen and oxygen atoms in total. The zero-order chi connectivity index (χ0) is 14.5. The molecular formula is C17H30N2S. The van der Waals surface area contributed by atoms with E-state index in [4.69, 9.17) is 4.98 Å². The lowest BCUT2D eigenvalue weighted by Gasteiger charge is -2.36. The van der Waals surface area contributed by atoms with Crippen LogP contribution in [0.5, 0.6) is 0 Å². The minimum absolute atomic E-state index is 0.831. The van der Waals surface area contributed by atoms with Crippen LogP contribution in [0.4, 0.5) is 0 Å². The summed E-state index contributed by atoms with van der Waals surface area (Å²) in [6.45, 7) is 11.2. The van der Waals surface area contributed by atoms with Gasteiger partial charge in [0.2, 0.25) is 0 Å². The predicted octanol–water partition coefficient (Wildman–Crippen LogP) is 4.35. The molecule has 0 radical (unpaired) electrons. The Morgan fingerprint density at radius 3 is 2.60 bits per heavy atom. The van der Waals surface area contributed by atoms with Gasteiger partial charge in [-0.05, 0) is 57.5 Å². The Morgan fingerprint density at radius 1 is 1.20 bits per heavy atom. The van der Waals surface area contributed by atoms with Gasteiger partial charge in [-0.3, -0.25) is 0 Å². The van der Waals surface area contributed by atoms with Crippen LogP contribution in [0.25, 0.3) is 0 Å². The number of thiazole rings is 1. The fraction of sp³-hybridized carbons (Fsp3) is 0.824. The van der Waals surface area contributed by atoms with E-state index < -0.39 is 0 Å². The van der Waals surface area contributed by atoms with Gasteiger partial charge in [0, 0.05) is 11.3 Å². The minimum Gasteiger partial charge on any atom is -0.317 e. The maximum atomic E-state index is 4.77. The number of aryl methyl sites for hydroxylation is 2. The van der Waals surface area contributed by atoms with Gasteiger partial charge in [0.15, 0.2) is 0 Å². The van der Waals surface area contributed by atoms with E-state index in [0.717, 1.165) is 24.3 Å². The van der Waals surface area contributed by atoms with Crippen LogP contribution >= 0.6 is 11.3 Å². The Morgan fingerprint density at radius 2 is 2.00 bits per heavy atom. The molecule has 3 unspecified atom stereocenters. The summed E-state index contributed by atoms with van der Waals surface area (Å²) in [5.41, 5.74) is 1.23. The summed E-state index contributed by atoms with van der Waals surface area (Å²) >= 11 is 1.91. The highest BCUT2D eigenvalue weighted by molar-refractivity contribution is 7.11. The van der Waals surface area contributed by atoms with Crippen molar-refractivity contribution in [1.29, 1.82) is 0 Å². The SMILES string of the molecule is CCNCC1CCC(CC)CC1Cc1nc(C)c(C)s1. The van der Waals surface area contributed by atoms with Crippen LogP contribution in [-0.4, -0.2) is 18.1 Å². The zero-order valence-electron chi connectivity index (χ0n) is 13.5. The van der Waals surface area contributed by atoms with E-state index in [9.17, 15) is 0 Å². The molecule has 0 amide bonds. The van der Waals surface area contributed by atoms with Gasteiger partial charge in [-0.1, -0.05) is 26.7 Å². The summed E-state index contributed by atoms with van der Waals surface area (Å²) in [4.78, 5) is 6.16. The standard InChI is InChI=1S/C17H30N2S/c1-5-14-7-8-15(11-18-6-2)16(9-14)10-17-19-12(3)13(4)20-17/h14-16,18H,5-11H2,1-4H3. The minimum atomic E-state index is 0.831. The van der Waals surface area contributed by atoms with E-state index in [1.807, 2.05) is 11.3 Å². The number of aromatic nitrogens is 1. The average Bonchev–Trinajstić information content (AvgIpc) is 2.75. The van der Waals surface area contributed by atoms with Gasteiger partial charge >= 0.3 is 0 Å². The Hall–Kier alpha value is -0.410. The smallest absolute Gasteiger partial charge is 0.0933 e. The molecule has 1 fully saturated rings. The van der Waals surface area contributed by atoms with Gasteiger partial charge in [0.1, 0.15) is 0 Å². The quantitative estimate of drug-likeness (QED) is 0.843. The number of hydrogen-bond acceptors (Lipinski definition) is 3. The average molecular weight is 295 g/mol. The molecule has 0 bridgehead atoms. The first-order valence-corrected chi connectivity index (χ1v) is 9.09. The topological polar surface area (TPSA) is 24.9 Å². The molecule has 1 aromatic rings. The predicted molar refractivity (Wildman–Crippen MR) is 88.4 cm³/mol. The first-order chi connectivity index (χ1) is 9.63. The molecule has 1 N–H and O–H groups in total. The van der Waals surface area contributed by atoms with Crippen molar-refractivity contribution in [2.45, 2.75) is 59.8 Å². The fourth-order valence-electron chi connectivity index (χ4n) is 3.49. The van der Waals surface area contributed by atoms with Crippen molar-refractivity contribution < 1.29 is 0 Å². The Bertz CT molecular complexity index is 394. The third kappa shape index (κ3) is 4.05. The van der Waals surface area contributed by atoms with Crippen molar-refractivity contribution in [2.75, 3.05) is 13.1 Å². The molecule has 3 heteroatoms. The monoisotopic (exact) mass is 294 g/mol. The van der Waals surface area contributed by atoms with Crippen LogP contribution in [0.2, 0.25) is 0 Å². The lowest BCUT2D eigenvalue weighted by Crippen LogP contribution is -2.34. The molecule has 0 spiro atoms. The maximum absolute atomic E-state index is 4.77. The summed E-state index contributed by atoms with van der Waals surface area (Å²) in [6, 6.07) is 0. The summed E-state index contributed by atoms with van der Waals surface area (Å²) in [7, 11) is 0. The van der Waals surface area contributed by atoms with Gasteiger partial charge in [-0.25, -0.2) is 4.98 Å². The normalized spacial score (nSPS) is 26.9. The molecule has 1 aliphatic carbocycles. The van der Waals surface area contributed by atoms with E-state index in [-0.39, 0.29) is 0 Å². The van der Waals surface area contributed by atoms with Crippen molar-refractivity contribution >= 4 is 11.3 Å². The molecular weight excluding hydrogens is 264 g/mol. The second-order valence-corrected chi connectivity index (χ2v) is 7.66. The first-order valence-electron chi connectivity index (χ1n) is 8.27. The summed E-state index contributed by atoms with van der Waals surface area (Å²) in [6.07, 6.45) is 6.79. The van der Waals surface area contributed by atoms with E-state index in [2.05, 4.69) is 33.0 Å². The second-order valence-electron chi connectivity index (χ2n) is 6.37. The molecule has 0 saturated heterocycles. The molecule has 20 heavy (non-hydrogen) atoms. The van der Waals surface area contributed by atoms with Crippen molar-refractivity contribution in [3.63, 3.8) is 0 Å². The number of nitrogens with one attached hydrogen (secondary N) is 1. The van der Waals surface area contributed by atoms with Gasteiger partial charge in [-0.2, -0.15) is 0 Å². The number of rotatable bonds is 6. The molecule has 3 atom stereocenters. The van der Waals surface area contributed by atoms with Crippen LogP contribution in [0.1, 0.15) is 55.1 Å². The maximum Gasteiger partial charge on any atom is 0.0933 e. The van der Waals surface area contributed by atoms with E-state index in [1.165, 1.54) is 54.2 Å². The van der Waals surface area contributed by atoms with Crippen molar-refractivity contribution in [3.05, 3.63) is 15.6 Å². The van der Waals surface area contributed by atoms with Crippen molar-refractivity contribution in [3.8, 4) is 0 Å². The summed E-state index contributed by atoms with van der Waals surface area (Å²) in [5, 5.41) is 4.93. The van der Waals surface area contributed by atoms with Crippen LogP contribution in [0, 0.1) is 31.6 Å². The molecule has 114 valence electrons. The summed E-state index contributed by atoms with van der Waals surface area (Å²) < 4.78 is 0. The number of hydrogen-bond donors (Lipinski definition) is 1. The van der Waals surface area contributed by atoms with Crippen LogP contribution in [0.3, 0.4) is 0 Å². The lowest BCUT2D eigenvalue weighted by molar-refractivity contribution is 0.172. The highest BCUT2D eigenvalue weighted by Gasteiger charge is 2.30. The van der Waals surface area contributed by atoms with Gasteiger partial charge < -0.3 is 5.32 Å². The number of nitrogens with zero attached hydrogens (tertiary/aromatic N) is 1.